The maximum absolute atomic E-state index is 10.1. The van der Waals surface area contributed by atoms with E-state index in [1.807, 2.05) is 6.07 Å². The number of benzene rings is 1. The highest BCUT2D eigenvalue weighted by Gasteiger charge is 2.58. The van der Waals surface area contributed by atoms with Crippen molar-refractivity contribution in [3.63, 3.8) is 0 Å². The van der Waals surface area contributed by atoms with Gasteiger partial charge in [0.05, 0.1) is 26.2 Å². The molecule has 4 rings (SSSR count). The van der Waals surface area contributed by atoms with E-state index < -0.39 is 0 Å². The van der Waals surface area contributed by atoms with Gasteiger partial charge in [0.25, 0.3) is 0 Å². The van der Waals surface area contributed by atoms with Crippen molar-refractivity contribution in [2.24, 2.45) is 5.92 Å². The molecule has 2 aliphatic carbocycles. The molecule has 4 atom stereocenters. The smallest absolute Gasteiger partial charge is 0.115 e. The van der Waals surface area contributed by atoms with Crippen LogP contribution in [0.15, 0.2) is 18.2 Å². The largest absolute Gasteiger partial charge is 0.508 e. The Morgan fingerprint density at radius 2 is 2.13 bits per heavy atom. The van der Waals surface area contributed by atoms with Crippen molar-refractivity contribution in [3.8, 4) is 5.75 Å². The Kier molecular flexibility index (Phi) is 3.72. The van der Waals surface area contributed by atoms with E-state index in [1.54, 1.807) is 0 Å². The Morgan fingerprint density at radius 1 is 1.26 bits per heavy atom. The zero-order valence-corrected chi connectivity index (χ0v) is 14.9. The van der Waals surface area contributed by atoms with Gasteiger partial charge in [0, 0.05) is 24.2 Å². The first-order chi connectivity index (χ1) is 11.1. The van der Waals surface area contributed by atoms with Crippen LogP contribution in [0, 0.1) is 5.92 Å². The second kappa shape index (κ2) is 5.51. The molecule has 0 aromatic heterocycles. The molecule has 1 saturated carbocycles. The number of piperidine rings is 1. The van der Waals surface area contributed by atoms with Crippen molar-refractivity contribution in [1.82, 2.24) is 0 Å². The number of likely N-dealkylation sites (tertiary alicyclic amines) is 1. The third kappa shape index (κ3) is 2.25. The molecular weight excluding hydrogens is 282 g/mol. The number of hydrogen-bond donors (Lipinski definition) is 1. The minimum atomic E-state index is 0.374. The summed E-state index contributed by atoms with van der Waals surface area (Å²) in [5, 5.41) is 10.1. The molecule has 0 radical (unpaired) electrons. The van der Waals surface area contributed by atoms with Gasteiger partial charge in [-0.15, -0.1) is 0 Å². The molecule has 2 nitrogen and oxygen atoms in total. The Hall–Kier alpha value is -1.02. The summed E-state index contributed by atoms with van der Waals surface area (Å²) in [4.78, 5) is 0. The molecule has 1 aliphatic heterocycles. The summed E-state index contributed by atoms with van der Waals surface area (Å²) in [5.74, 6) is 1.30. The highest BCUT2D eigenvalue weighted by atomic mass is 16.3. The Morgan fingerprint density at radius 3 is 2.96 bits per heavy atom. The molecular formula is C21H32NO+. The van der Waals surface area contributed by atoms with Gasteiger partial charge in [-0.1, -0.05) is 32.3 Å². The summed E-state index contributed by atoms with van der Waals surface area (Å²) in [6, 6.07) is 7.04. The number of unbranched alkanes of at least 4 members (excludes halogenated alkanes) is 1. The SMILES string of the molecule is CCCC[N+]1(C)CC[C@]23CCCC[C@H]2[C@H]1Cc1ccc(O)cc13. The highest BCUT2D eigenvalue weighted by molar-refractivity contribution is 5.44. The van der Waals surface area contributed by atoms with E-state index in [2.05, 4.69) is 26.1 Å². The van der Waals surface area contributed by atoms with Gasteiger partial charge in [-0.05, 0) is 42.5 Å². The molecule has 2 bridgehead atoms. The predicted octanol–water partition coefficient (Wildman–Crippen LogP) is 4.40. The van der Waals surface area contributed by atoms with Gasteiger partial charge in [0.2, 0.25) is 0 Å². The van der Waals surface area contributed by atoms with Crippen molar-refractivity contribution >= 4 is 0 Å². The molecule has 1 saturated heterocycles. The van der Waals surface area contributed by atoms with Gasteiger partial charge in [-0.2, -0.15) is 0 Å². The number of quaternary nitrogens is 1. The molecule has 0 amide bonds. The topological polar surface area (TPSA) is 20.2 Å². The molecule has 3 aliphatic rings. The molecule has 1 aromatic rings. The zero-order chi connectivity index (χ0) is 16.1. The lowest BCUT2D eigenvalue weighted by Crippen LogP contribution is -2.68. The minimum absolute atomic E-state index is 0.374. The van der Waals surface area contributed by atoms with Crippen LogP contribution in [0.5, 0.6) is 5.75 Å². The van der Waals surface area contributed by atoms with Crippen LogP contribution in [0.1, 0.15) is 63.0 Å². The number of aromatic hydroxyl groups is 1. The fraction of sp³-hybridized carbons (Fsp3) is 0.714. The number of phenols is 1. The summed E-state index contributed by atoms with van der Waals surface area (Å²) in [6.07, 6.45) is 10.7. The van der Waals surface area contributed by atoms with Crippen LogP contribution in [0.2, 0.25) is 0 Å². The normalized spacial score (nSPS) is 38.7. The fourth-order valence-electron chi connectivity index (χ4n) is 6.25. The summed E-state index contributed by atoms with van der Waals surface area (Å²) < 4.78 is 1.29. The van der Waals surface area contributed by atoms with Gasteiger partial charge in [-0.25, -0.2) is 0 Å². The number of fused-ring (bicyclic) bond motifs is 1. The van der Waals surface area contributed by atoms with E-state index in [1.165, 1.54) is 80.1 Å². The van der Waals surface area contributed by atoms with E-state index >= 15 is 0 Å². The molecule has 1 N–H and O–H groups in total. The van der Waals surface area contributed by atoms with Crippen molar-refractivity contribution in [2.45, 2.75) is 69.7 Å². The summed E-state index contributed by atoms with van der Waals surface area (Å²) >= 11 is 0. The Labute approximate surface area is 141 Å². The third-order valence-electron chi connectivity index (χ3n) is 7.51. The molecule has 1 heterocycles. The van der Waals surface area contributed by atoms with Crippen LogP contribution in [-0.2, 0) is 11.8 Å². The van der Waals surface area contributed by atoms with E-state index in [9.17, 15) is 5.11 Å². The first kappa shape index (κ1) is 15.5. The Balaban J connectivity index is 1.79. The maximum atomic E-state index is 10.1. The van der Waals surface area contributed by atoms with Crippen LogP contribution >= 0.6 is 0 Å². The van der Waals surface area contributed by atoms with Crippen LogP contribution in [0.4, 0.5) is 0 Å². The minimum Gasteiger partial charge on any atom is -0.508 e. The first-order valence-corrected chi connectivity index (χ1v) is 9.76. The second-order valence-electron chi connectivity index (χ2n) is 8.65. The van der Waals surface area contributed by atoms with E-state index in [0.717, 1.165) is 12.0 Å². The molecule has 1 aromatic carbocycles. The highest BCUT2D eigenvalue weighted by Crippen LogP contribution is 2.57. The van der Waals surface area contributed by atoms with E-state index in [-0.39, 0.29) is 0 Å². The molecule has 2 fully saturated rings. The zero-order valence-electron chi connectivity index (χ0n) is 14.9. The number of phenolic OH excluding ortho intramolecular Hbond substituents is 1. The van der Waals surface area contributed by atoms with Crippen LogP contribution in [-0.4, -0.2) is 35.8 Å². The van der Waals surface area contributed by atoms with Crippen molar-refractivity contribution in [2.75, 3.05) is 20.1 Å². The number of hydrogen-bond acceptors (Lipinski definition) is 1. The third-order valence-corrected chi connectivity index (χ3v) is 7.51. The summed E-state index contributed by atoms with van der Waals surface area (Å²) in [6.45, 7) is 5.00. The molecule has 1 unspecified atom stereocenters. The second-order valence-corrected chi connectivity index (χ2v) is 8.65. The van der Waals surface area contributed by atoms with Crippen LogP contribution in [0.25, 0.3) is 0 Å². The van der Waals surface area contributed by atoms with Crippen molar-refractivity contribution < 1.29 is 9.59 Å². The van der Waals surface area contributed by atoms with Gasteiger partial charge >= 0.3 is 0 Å². The molecule has 0 spiro atoms. The molecule has 126 valence electrons. The Bertz CT molecular complexity index is 598. The van der Waals surface area contributed by atoms with Gasteiger partial charge in [-0.3, -0.25) is 0 Å². The lowest BCUT2D eigenvalue weighted by molar-refractivity contribution is -0.945. The van der Waals surface area contributed by atoms with E-state index in [4.69, 9.17) is 0 Å². The lowest BCUT2D eigenvalue weighted by Gasteiger charge is -2.61. The van der Waals surface area contributed by atoms with Gasteiger partial charge < -0.3 is 9.59 Å². The fourth-order valence-corrected chi connectivity index (χ4v) is 6.25. The number of nitrogens with zero attached hydrogens (tertiary/aromatic N) is 1. The van der Waals surface area contributed by atoms with Crippen molar-refractivity contribution in [3.05, 3.63) is 29.3 Å². The summed E-state index contributed by atoms with van der Waals surface area (Å²) in [5.41, 5.74) is 3.42. The molecule has 2 heteroatoms. The van der Waals surface area contributed by atoms with Crippen LogP contribution < -0.4 is 0 Å². The standard InChI is InChI=1S/C21H31NO/c1-3-4-12-22(2)13-11-21-10-6-5-7-18(21)20(22)14-16-8-9-17(23)15-19(16)21/h8-9,15,18,20H,3-7,10-14H2,1-2H3/p+1/t18-,20+,21+,22?/m0/s1. The molecule has 23 heavy (non-hydrogen) atoms. The lowest BCUT2D eigenvalue weighted by atomic mass is 9.52. The van der Waals surface area contributed by atoms with Gasteiger partial charge in [0.15, 0.2) is 0 Å². The number of likely N-dealkylation sites (N-methyl/N-ethyl adjacent to an activating group) is 1. The first-order valence-electron chi connectivity index (χ1n) is 9.76. The van der Waals surface area contributed by atoms with Crippen molar-refractivity contribution in [1.29, 1.82) is 0 Å². The van der Waals surface area contributed by atoms with Crippen LogP contribution in [0.3, 0.4) is 0 Å². The maximum Gasteiger partial charge on any atom is 0.115 e. The monoisotopic (exact) mass is 314 g/mol. The predicted molar refractivity (Wildman–Crippen MR) is 94.7 cm³/mol. The van der Waals surface area contributed by atoms with Gasteiger partial charge in [0.1, 0.15) is 5.75 Å². The number of rotatable bonds is 3. The average Bonchev–Trinajstić information content (AvgIpc) is 2.57. The van der Waals surface area contributed by atoms with E-state index in [0.29, 0.717) is 11.2 Å². The average molecular weight is 314 g/mol. The quantitative estimate of drug-likeness (QED) is 0.820. The summed E-state index contributed by atoms with van der Waals surface area (Å²) in [7, 11) is 2.53.